The SMILES string of the molecule is Nc1cc(=O)[nH]n1-c1ccc(Cl)nn1. The van der Waals surface area contributed by atoms with Gasteiger partial charge in [0.15, 0.2) is 11.0 Å². The van der Waals surface area contributed by atoms with E-state index in [9.17, 15) is 4.79 Å². The molecule has 2 heterocycles. The van der Waals surface area contributed by atoms with Gasteiger partial charge in [0, 0.05) is 6.07 Å². The summed E-state index contributed by atoms with van der Waals surface area (Å²) < 4.78 is 1.33. The molecule has 0 saturated heterocycles. The summed E-state index contributed by atoms with van der Waals surface area (Å²) in [6.45, 7) is 0. The van der Waals surface area contributed by atoms with Crippen LogP contribution in [0.25, 0.3) is 5.82 Å². The molecule has 0 aliphatic rings. The molecule has 14 heavy (non-hydrogen) atoms. The fourth-order valence-corrected chi connectivity index (χ4v) is 1.12. The van der Waals surface area contributed by atoms with Crippen molar-refractivity contribution in [2.24, 2.45) is 0 Å². The quantitative estimate of drug-likeness (QED) is 0.705. The molecule has 7 heteroatoms. The van der Waals surface area contributed by atoms with Gasteiger partial charge >= 0.3 is 0 Å². The van der Waals surface area contributed by atoms with Crippen molar-refractivity contribution < 1.29 is 0 Å². The first-order valence-corrected chi connectivity index (χ1v) is 4.12. The predicted octanol–water partition coefficient (Wildman–Crippen LogP) is 0.191. The van der Waals surface area contributed by atoms with Crippen LogP contribution in [0.3, 0.4) is 0 Å². The van der Waals surface area contributed by atoms with Crippen LogP contribution >= 0.6 is 11.6 Å². The largest absolute Gasteiger partial charge is 0.383 e. The van der Waals surface area contributed by atoms with E-state index in [0.29, 0.717) is 5.82 Å². The van der Waals surface area contributed by atoms with E-state index in [0.717, 1.165) is 0 Å². The molecule has 2 aromatic rings. The molecule has 72 valence electrons. The van der Waals surface area contributed by atoms with Crippen LogP contribution in [-0.4, -0.2) is 20.0 Å². The van der Waals surface area contributed by atoms with Gasteiger partial charge in [0.2, 0.25) is 0 Å². The molecular formula is C7H6ClN5O. The normalized spacial score (nSPS) is 10.4. The molecule has 6 nitrogen and oxygen atoms in total. The number of halogens is 1. The van der Waals surface area contributed by atoms with Crippen molar-refractivity contribution in [3.63, 3.8) is 0 Å². The van der Waals surface area contributed by atoms with Crippen LogP contribution in [0.4, 0.5) is 5.82 Å². The van der Waals surface area contributed by atoms with Crippen LogP contribution in [-0.2, 0) is 0 Å². The lowest BCUT2D eigenvalue weighted by Gasteiger charge is -2.01. The summed E-state index contributed by atoms with van der Waals surface area (Å²) in [4.78, 5) is 10.9. The maximum absolute atomic E-state index is 10.9. The Morgan fingerprint density at radius 1 is 1.43 bits per heavy atom. The standard InChI is InChI=1S/C7H6ClN5O/c8-4-1-2-6(11-10-4)13-5(9)3-7(14)12-13/h1-3H,9H2,(H,12,14). The first-order chi connectivity index (χ1) is 6.66. The van der Waals surface area contributed by atoms with Crippen molar-refractivity contribution >= 4 is 17.4 Å². The highest BCUT2D eigenvalue weighted by atomic mass is 35.5. The third-order valence-corrected chi connectivity index (χ3v) is 1.81. The maximum atomic E-state index is 10.9. The van der Waals surface area contributed by atoms with Crippen molar-refractivity contribution in [1.82, 2.24) is 20.0 Å². The zero-order valence-corrected chi connectivity index (χ0v) is 7.69. The number of hydrogen-bond donors (Lipinski definition) is 2. The number of nitrogens with zero attached hydrogens (tertiary/aromatic N) is 3. The molecule has 3 N–H and O–H groups in total. The molecule has 0 fully saturated rings. The number of aromatic amines is 1. The van der Waals surface area contributed by atoms with Crippen LogP contribution in [0, 0.1) is 0 Å². The number of hydrogen-bond acceptors (Lipinski definition) is 4. The van der Waals surface area contributed by atoms with E-state index < -0.39 is 0 Å². The number of H-pyrrole nitrogens is 1. The third kappa shape index (κ3) is 1.47. The lowest BCUT2D eigenvalue weighted by molar-refractivity contribution is 0.812. The summed E-state index contributed by atoms with van der Waals surface area (Å²) in [5.41, 5.74) is 5.25. The Kier molecular flexibility index (Phi) is 1.97. The molecule has 0 aliphatic heterocycles. The van der Waals surface area contributed by atoms with Crippen LogP contribution in [0.1, 0.15) is 0 Å². The van der Waals surface area contributed by atoms with Gasteiger partial charge in [-0.2, -0.15) is 0 Å². The molecule has 2 rings (SSSR count). The highest BCUT2D eigenvalue weighted by Gasteiger charge is 2.04. The Labute approximate surface area is 83.3 Å². The van der Waals surface area contributed by atoms with Gasteiger partial charge in [-0.1, -0.05) is 11.6 Å². The molecule has 0 amide bonds. The van der Waals surface area contributed by atoms with Crippen molar-refractivity contribution in [2.45, 2.75) is 0 Å². The molecule has 0 bridgehead atoms. The molecule has 0 aromatic carbocycles. The first kappa shape index (κ1) is 8.76. The number of nitrogen functional groups attached to an aromatic ring is 1. The van der Waals surface area contributed by atoms with Crippen LogP contribution in [0.5, 0.6) is 0 Å². The fraction of sp³-hybridized carbons (Fsp3) is 0. The lowest BCUT2D eigenvalue weighted by Crippen LogP contribution is -2.07. The molecule has 0 saturated carbocycles. The summed E-state index contributed by atoms with van der Waals surface area (Å²) in [7, 11) is 0. The second-order valence-corrected chi connectivity index (χ2v) is 2.98. The van der Waals surface area contributed by atoms with Gasteiger partial charge in [0.05, 0.1) is 0 Å². The van der Waals surface area contributed by atoms with Crippen LogP contribution in [0.15, 0.2) is 23.0 Å². The first-order valence-electron chi connectivity index (χ1n) is 3.74. The van der Waals surface area contributed by atoms with E-state index >= 15 is 0 Å². The maximum Gasteiger partial charge on any atom is 0.266 e. The molecular weight excluding hydrogens is 206 g/mol. The molecule has 0 unspecified atom stereocenters. The van der Waals surface area contributed by atoms with Gasteiger partial charge in [-0.05, 0) is 12.1 Å². The second kappa shape index (κ2) is 3.15. The Morgan fingerprint density at radius 3 is 2.71 bits per heavy atom. The van der Waals surface area contributed by atoms with Crippen molar-refractivity contribution in [2.75, 3.05) is 5.73 Å². The van der Waals surface area contributed by atoms with E-state index in [1.54, 1.807) is 12.1 Å². The van der Waals surface area contributed by atoms with Gasteiger partial charge in [0.1, 0.15) is 5.82 Å². The van der Waals surface area contributed by atoms with Gasteiger partial charge < -0.3 is 5.73 Å². The fourth-order valence-electron chi connectivity index (χ4n) is 1.02. The third-order valence-electron chi connectivity index (χ3n) is 1.61. The van der Waals surface area contributed by atoms with Gasteiger partial charge in [-0.3, -0.25) is 9.89 Å². The zero-order chi connectivity index (χ0) is 10.1. The minimum Gasteiger partial charge on any atom is -0.383 e. The van der Waals surface area contributed by atoms with Crippen molar-refractivity contribution in [1.29, 1.82) is 0 Å². The Bertz CT molecular complexity index is 500. The van der Waals surface area contributed by atoms with Gasteiger partial charge in [-0.25, -0.2) is 4.68 Å². The summed E-state index contributed by atoms with van der Waals surface area (Å²) in [5.74, 6) is 0.681. The van der Waals surface area contributed by atoms with E-state index in [4.69, 9.17) is 17.3 Å². The number of anilines is 1. The molecule has 0 atom stereocenters. The monoisotopic (exact) mass is 211 g/mol. The van der Waals surface area contributed by atoms with E-state index in [1.807, 2.05) is 0 Å². The van der Waals surface area contributed by atoms with Crippen molar-refractivity contribution in [3.8, 4) is 5.82 Å². The smallest absolute Gasteiger partial charge is 0.266 e. The summed E-state index contributed by atoms with van der Waals surface area (Å²) in [5, 5.41) is 10.1. The minimum absolute atomic E-state index is 0.270. The van der Waals surface area contributed by atoms with Crippen LogP contribution < -0.4 is 11.3 Å². The van der Waals surface area contributed by atoms with Gasteiger partial charge in [-0.15, -0.1) is 10.2 Å². The van der Waals surface area contributed by atoms with Gasteiger partial charge in [0.25, 0.3) is 5.56 Å². The van der Waals surface area contributed by atoms with Crippen LogP contribution in [0.2, 0.25) is 5.15 Å². The minimum atomic E-state index is -0.292. The topological polar surface area (TPSA) is 89.6 Å². The predicted molar refractivity (Wildman–Crippen MR) is 51.4 cm³/mol. The van der Waals surface area contributed by atoms with E-state index in [2.05, 4.69) is 15.3 Å². The molecule has 0 radical (unpaired) electrons. The summed E-state index contributed by atoms with van der Waals surface area (Å²) >= 11 is 5.56. The average Bonchev–Trinajstić information content (AvgIpc) is 2.47. The number of nitrogens with two attached hydrogens (primary N) is 1. The average molecular weight is 212 g/mol. The summed E-state index contributed by atoms with van der Waals surface area (Å²) in [6, 6.07) is 4.42. The Morgan fingerprint density at radius 2 is 2.21 bits per heavy atom. The van der Waals surface area contributed by atoms with Crippen molar-refractivity contribution in [3.05, 3.63) is 33.7 Å². The summed E-state index contributed by atoms with van der Waals surface area (Å²) in [6.07, 6.45) is 0. The molecule has 2 aromatic heterocycles. The van der Waals surface area contributed by atoms with E-state index in [-0.39, 0.29) is 16.5 Å². The number of rotatable bonds is 1. The zero-order valence-electron chi connectivity index (χ0n) is 6.94. The highest BCUT2D eigenvalue weighted by molar-refractivity contribution is 6.29. The van der Waals surface area contributed by atoms with E-state index in [1.165, 1.54) is 10.7 Å². The Hall–Kier alpha value is -1.82. The number of aromatic nitrogens is 4. The second-order valence-electron chi connectivity index (χ2n) is 2.59. The lowest BCUT2D eigenvalue weighted by atomic mass is 10.5. The molecule has 0 aliphatic carbocycles. The Balaban J connectivity index is 2.54. The molecule has 0 spiro atoms. The highest BCUT2D eigenvalue weighted by Crippen LogP contribution is 2.08. The number of nitrogens with one attached hydrogen (secondary N) is 1.